The summed E-state index contributed by atoms with van der Waals surface area (Å²) in [5, 5.41) is 0.346. The van der Waals surface area contributed by atoms with Gasteiger partial charge in [-0.15, -0.1) is 0 Å². The number of hydrogen-bond acceptors (Lipinski definition) is 3. The van der Waals surface area contributed by atoms with Crippen molar-refractivity contribution in [2.75, 3.05) is 11.4 Å². The Hall–Kier alpha value is -0.890. The third kappa shape index (κ3) is 2.37. The van der Waals surface area contributed by atoms with E-state index in [9.17, 15) is 9.59 Å². The van der Waals surface area contributed by atoms with Gasteiger partial charge in [0.2, 0.25) is 11.8 Å². The van der Waals surface area contributed by atoms with Gasteiger partial charge in [-0.25, -0.2) is 4.98 Å². The molecule has 1 aliphatic heterocycles. The SMILES string of the molecule is NC(=O)C1CC(=O)N(c2ccnc(Cl)c2I)C1. The number of amides is 2. The molecule has 1 aromatic rings. The molecule has 1 aromatic heterocycles. The average Bonchev–Trinajstić information content (AvgIpc) is 2.65. The van der Waals surface area contributed by atoms with Crippen LogP contribution in [0.5, 0.6) is 0 Å². The average molecular weight is 366 g/mol. The summed E-state index contributed by atoms with van der Waals surface area (Å²) in [5.41, 5.74) is 5.89. The standard InChI is InChI=1S/C10H9ClIN3O2/c11-9-8(12)6(1-2-14-9)15-4-5(10(13)17)3-7(15)16/h1-2,5H,3-4H2,(H2,13,17). The topological polar surface area (TPSA) is 76.3 Å². The van der Waals surface area contributed by atoms with Gasteiger partial charge in [0.1, 0.15) is 5.15 Å². The first-order valence-corrected chi connectivity index (χ1v) is 6.36. The van der Waals surface area contributed by atoms with Gasteiger partial charge < -0.3 is 10.6 Å². The third-order valence-corrected chi connectivity index (χ3v) is 4.31. The van der Waals surface area contributed by atoms with Gasteiger partial charge in [0.15, 0.2) is 0 Å². The van der Waals surface area contributed by atoms with E-state index in [0.29, 0.717) is 21.0 Å². The maximum Gasteiger partial charge on any atom is 0.227 e. The molecular weight excluding hydrogens is 356 g/mol. The molecule has 0 bridgehead atoms. The molecule has 1 saturated heterocycles. The monoisotopic (exact) mass is 365 g/mol. The summed E-state index contributed by atoms with van der Waals surface area (Å²) in [4.78, 5) is 28.3. The van der Waals surface area contributed by atoms with E-state index in [1.165, 1.54) is 11.1 Å². The molecular formula is C10H9ClIN3O2. The van der Waals surface area contributed by atoms with Crippen molar-refractivity contribution >= 4 is 51.7 Å². The lowest BCUT2D eigenvalue weighted by Gasteiger charge is -2.18. The molecule has 0 aliphatic carbocycles. The first-order valence-electron chi connectivity index (χ1n) is 4.90. The Balaban J connectivity index is 2.32. The molecule has 5 nitrogen and oxygen atoms in total. The summed E-state index contributed by atoms with van der Waals surface area (Å²) in [6, 6.07) is 1.70. The fourth-order valence-electron chi connectivity index (χ4n) is 1.75. The van der Waals surface area contributed by atoms with E-state index in [0.717, 1.165) is 0 Å². The number of anilines is 1. The summed E-state index contributed by atoms with van der Waals surface area (Å²) in [6.07, 6.45) is 1.69. The van der Waals surface area contributed by atoms with Gasteiger partial charge >= 0.3 is 0 Å². The predicted molar refractivity (Wildman–Crippen MR) is 71.6 cm³/mol. The lowest BCUT2D eigenvalue weighted by Crippen LogP contribution is -2.29. The van der Waals surface area contributed by atoms with Gasteiger partial charge in [-0.1, -0.05) is 11.6 Å². The number of hydrogen-bond donors (Lipinski definition) is 1. The minimum atomic E-state index is -0.448. The zero-order valence-electron chi connectivity index (χ0n) is 8.69. The number of rotatable bonds is 2. The Morgan fingerprint density at radius 1 is 1.65 bits per heavy atom. The second kappa shape index (κ2) is 4.77. The minimum absolute atomic E-state index is 0.117. The molecule has 2 N–H and O–H groups in total. The second-order valence-corrected chi connectivity index (χ2v) is 5.18. The van der Waals surface area contributed by atoms with Crippen molar-refractivity contribution in [2.24, 2.45) is 11.7 Å². The van der Waals surface area contributed by atoms with Gasteiger partial charge in [0, 0.05) is 19.2 Å². The zero-order chi connectivity index (χ0) is 12.6. The molecule has 17 heavy (non-hydrogen) atoms. The Morgan fingerprint density at radius 2 is 2.35 bits per heavy atom. The Labute approximate surface area is 116 Å². The maximum atomic E-state index is 11.8. The van der Waals surface area contributed by atoms with Crippen LogP contribution < -0.4 is 10.6 Å². The number of primary amides is 1. The van der Waals surface area contributed by atoms with E-state index >= 15 is 0 Å². The van der Waals surface area contributed by atoms with Crippen molar-refractivity contribution in [3.05, 3.63) is 21.0 Å². The van der Waals surface area contributed by atoms with Crippen molar-refractivity contribution in [1.29, 1.82) is 0 Å². The van der Waals surface area contributed by atoms with Crippen LogP contribution in [0.3, 0.4) is 0 Å². The molecule has 1 fully saturated rings. The number of pyridine rings is 1. The van der Waals surface area contributed by atoms with Crippen LogP contribution in [-0.2, 0) is 9.59 Å². The Kier molecular flexibility index (Phi) is 3.53. The molecule has 0 radical (unpaired) electrons. The van der Waals surface area contributed by atoms with Gasteiger partial charge in [0.25, 0.3) is 0 Å². The van der Waals surface area contributed by atoms with Crippen molar-refractivity contribution in [3.63, 3.8) is 0 Å². The van der Waals surface area contributed by atoms with Crippen LogP contribution in [0.2, 0.25) is 5.15 Å². The summed E-state index contributed by atoms with van der Waals surface area (Å²) < 4.78 is 0.699. The second-order valence-electron chi connectivity index (χ2n) is 3.74. The fourth-order valence-corrected chi connectivity index (χ4v) is 2.51. The molecule has 90 valence electrons. The van der Waals surface area contributed by atoms with Crippen LogP contribution in [0.4, 0.5) is 5.69 Å². The lowest BCUT2D eigenvalue weighted by molar-refractivity contribution is -0.123. The molecule has 0 saturated carbocycles. The number of nitrogens with zero attached hydrogens (tertiary/aromatic N) is 2. The van der Waals surface area contributed by atoms with Gasteiger partial charge in [-0.05, 0) is 28.7 Å². The van der Waals surface area contributed by atoms with Crippen LogP contribution >= 0.6 is 34.2 Å². The number of nitrogens with two attached hydrogens (primary N) is 1. The molecule has 2 heterocycles. The highest BCUT2D eigenvalue weighted by Crippen LogP contribution is 2.31. The van der Waals surface area contributed by atoms with Crippen LogP contribution in [0.1, 0.15) is 6.42 Å². The molecule has 1 atom stereocenters. The fraction of sp³-hybridized carbons (Fsp3) is 0.300. The Bertz CT molecular complexity index is 494. The molecule has 0 spiro atoms. The van der Waals surface area contributed by atoms with Crippen molar-refractivity contribution < 1.29 is 9.59 Å². The first kappa shape index (κ1) is 12.6. The predicted octanol–water partition coefficient (Wildman–Crippen LogP) is 1.18. The first-order chi connectivity index (χ1) is 8.00. The normalized spacial score (nSPS) is 19.8. The van der Waals surface area contributed by atoms with E-state index in [4.69, 9.17) is 17.3 Å². The van der Waals surface area contributed by atoms with Crippen LogP contribution in [0.15, 0.2) is 12.3 Å². The van der Waals surface area contributed by atoms with Crippen molar-refractivity contribution in [2.45, 2.75) is 6.42 Å². The van der Waals surface area contributed by atoms with Crippen LogP contribution in [0, 0.1) is 9.49 Å². The molecule has 1 unspecified atom stereocenters. The molecule has 0 aromatic carbocycles. The van der Waals surface area contributed by atoms with Crippen molar-refractivity contribution in [1.82, 2.24) is 4.98 Å². The third-order valence-electron chi connectivity index (χ3n) is 2.64. The number of aromatic nitrogens is 1. The highest BCUT2D eigenvalue weighted by molar-refractivity contribution is 14.1. The number of carbonyl (C=O) groups excluding carboxylic acids is 2. The van der Waals surface area contributed by atoms with Crippen LogP contribution in [-0.4, -0.2) is 23.3 Å². The highest BCUT2D eigenvalue weighted by Gasteiger charge is 2.34. The minimum Gasteiger partial charge on any atom is -0.369 e. The van der Waals surface area contributed by atoms with Crippen molar-refractivity contribution in [3.8, 4) is 0 Å². The van der Waals surface area contributed by atoms with E-state index in [1.807, 2.05) is 22.6 Å². The van der Waals surface area contributed by atoms with E-state index in [1.54, 1.807) is 6.07 Å². The smallest absolute Gasteiger partial charge is 0.227 e. The number of carbonyl (C=O) groups is 2. The van der Waals surface area contributed by atoms with E-state index in [2.05, 4.69) is 4.98 Å². The summed E-state index contributed by atoms with van der Waals surface area (Å²) in [5.74, 6) is -0.991. The maximum absolute atomic E-state index is 11.8. The molecule has 7 heteroatoms. The largest absolute Gasteiger partial charge is 0.369 e. The molecule has 2 amide bonds. The van der Waals surface area contributed by atoms with Gasteiger partial charge in [-0.2, -0.15) is 0 Å². The van der Waals surface area contributed by atoms with Gasteiger partial charge in [-0.3, -0.25) is 9.59 Å². The van der Waals surface area contributed by atoms with Crippen LogP contribution in [0.25, 0.3) is 0 Å². The summed E-state index contributed by atoms with van der Waals surface area (Å²) >= 11 is 7.92. The molecule has 2 rings (SSSR count). The highest BCUT2D eigenvalue weighted by atomic mass is 127. The number of halogens is 2. The van der Waals surface area contributed by atoms with E-state index in [-0.39, 0.29) is 12.3 Å². The van der Waals surface area contributed by atoms with Gasteiger partial charge in [0.05, 0.1) is 15.2 Å². The van der Waals surface area contributed by atoms with E-state index < -0.39 is 11.8 Å². The summed E-state index contributed by atoms with van der Waals surface area (Å²) in [6.45, 7) is 0.310. The molecule has 1 aliphatic rings. The Morgan fingerprint density at radius 3 is 2.94 bits per heavy atom. The zero-order valence-corrected chi connectivity index (χ0v) is 11.6. The lowest BCUT2D eigenvalue weighted by atomic mass is 10.1. The quantitative estimate of drug-likeness (QED) is 0.631. The summed E-state index contributed by atoms with van der Waals surface area (Å²) in [7, 11) is 0.